The molecule has 0 aliphatic carbocycles. The minimum Gasteiger partial charge on any atom is -0.478 e. The van der Waals surface area contributed by atoms with Gasteiger partial charge in [-0.2, -0.15) is 0 Å². The number of pyridine rings is 1. The molecular weight excluding hydrogens is 290 g/mol. The van der Waals surface area contributed by atoms with Crippen LogP contribution in [0, 0.1) is 0 Å². The highest BCUT2D eigenvalue weighted by molar-refractivity contribution is 6.04. The molecule has 1 aliphatic rings. The number of piperazine rings is 1. The summed E-state index contributed by atoms with van der Waals surface area (Å²) in [4.78, 5) is 42.0. The second-order valence-electron chi connectivity index (χ2n) is 4.70. The third-order valence-corrected chi connectivity index (χ3v) is 3.37. The van der Waals surface area contributed by atoms with Crippen molar-refractivity contribution in [1.29, 1.82) is 0 Å². The third-order valence-electron chi connectivity index (χ3n) is 3.37. The van der Waals surface area contributed by atoms with Crippen LogP contribution in [0.15, 0.2) is 18.5 Å². The van der Waals surface area contributed by atoms with E-state index in [0.29, 0.717) is 32.8 Å². The first-order valence-corrected chi connectivity index (χ1v) is 6.93. The molecule has 0 atom stereocenters. The van der Waals surface area contributed by atoms with E-state index in [1.54, 1.807) is 6.92 Å². The molecule has 2 amide bonds. The Morgan fingerprint density at radius 3 is 2.41 bits per heavy atom. The number of rotatable bonds is 3. The molecule has 0 aromatic carbocycles. The number of aromatic nitrogens is 1. The van der Waals surface area contributed by atoms with Crippen LogP contribution in [0.1, 0.15) is 27.6 Å². The maximum absolute atomic E-state index is 12.4. The van der Waals surface area contributed by atoms with Crippen LogP contribution in [0.4, 0.5) is 4.79 Å². The average molecular weight is 307 g/mol. The molecule has 0 saturated carbocycles. The summed E-state index contributed by atoms with van der Waals surface area (Å²) >= 11 is 0. The molecular formula is C14H17N3O5. The molecule has 8 nitrogen and oxygen atoms in total. The van der Waals surface area contributed by atoms with Gasteiger partial charge in [0.2, 0.25) is 0 Å². The number of carbonyl (C=O) groups excluding carboxylic acids is 2. The van der Waals surface area contributed by atoms with Gasteiger partial charge in [-0.15, -0.1) is 0 Å². The van der Waals surface area contributed by atoms with E-state index in [9.17, 15) is 14.4 Å². The Labute approximate surface area is 127 Å². The maximum atomic E-state index is 12.4. The van der Waals surface area contributed by atoms with Crippen LogP contribution < -0.4 is 0 Å². The number of amides is 2. The molecule has 1 saturated heterocycles. The first kappa shape index (κ1) is 15.7. The fourth-order valence-electron chi connectivity index (χ4n) is 2.23. The van der Waals surface area contributed by atoms with Crippen LogP contribution in [-0.4, -0.2) is 70.6 Å². The number of hydrogen-bond donors (Lipinski definition) is 1. The van der Waals surface area contributed by atoms with Gasteiger partial charge in [0.05, 0.1) is 17.7 Å². The van der Waals surface area contributed by atoms with E-state index in [0.717, 1.165) is 6.20 Å². The molecule has 0 spiro atoms. The second kappa shape index (κ2) is 6.88. The van der Waals surface area contributed by atoms with Crippen LogP contribution in [0.3, 0.4) is 0 Å². The monoisotopic (exact) mass is 307 g/mol. The van der Waals surface area contributed by atoms with E-state index in [1.165, 1.54) is 22.1 Å². The molecule has 8 heteroatoms. The number of nitrogens with zero attached hydrogens (tertiary/aromatic N) is 3. The molecule has 1 aromatic rings. The Bertz CT molecular complexity index is 582. The molecule has 22 heavy (non-hydrogen) atoms. The predicted octanol–water partition coefficient (Wildman–Crippen LogP) is 0.694. The zero-order chi connectivity index (χ0) is 16.1. The molecule has 0 unspecified atom stereocenters. The maximum Gasteiger partial charge on any atom is 0.409 e. The van der Waals surface area contributed by atoms with Gasteiger partial charge in [-0.3, -0.25) is 9.78 Å². The summed E-state index contributed by atoms with van der Waals surface area (Å²) < 4.78 is 4.91. The van der Waals surface area contributed by atoms with Gasteiger partial charge >= 0.3 is 12.1 Å². The van der Waals surface area contributed by atoms with Crippen molar-refractivity contribution >= 4 is 18.0 Å². The zero-order valence-corrected chi connectivity index (χ0v) is 12.2. The van der Waals surface area contributed by atoms with Crippen LogP contribution in [0.25, 0.3) is 0 Å². The Hall–Kier alpha value is -2.64. The highest BCUT2D eigenvalue weighted by Crippen LogP contribution is 2.13. The predicted molar refractivity (Wildman–Crippen MR) is 75.7 cm³/mol. The molecule has 2 rings (SSSR count). The SMILES string of the molecule is CCOC(=O)N1CCN(C(=O)c2ccncc2C(=O)O)CC1. The molecule has 1 N–H and O–H groups in total. The van der Waals surface area contributed by atoms with Gasteiger partial charge < -0.3 is 19.6 Å². The van der Waals surface area contributed by atoms with E-state index >= 15 is 0 Å². The second-order valence-corrected chi connectivity index (χ2v) is 4.70. The molecule has 0 radical (unpaired) electrons. The summed E-state index contributed by atoms with van der Waals surface area (Å²) in [6.07, 6.45) is 2.14. The zero-order valence-electron chi connectivity index (χ0n) is 12.2. The summed E-state index contributed by atoms with van der Waals surface area (Å²) in [6, 6.07) is 1.39. The lowest BCUT2D eigenvalue weighted by molar-refractivity contribution is 0.0562. The van der Waals surface area contributed by atoms with Crippen molar-refractivity contribution in [2.24, 2.45) is 0 Å². The van der Waals surface area contributed by atoms with Crippen molar-refractivity contribution in [3.05, 3.63) is 29.6 Å². The fraction of sp³-hybridized carbons (Fsp3) is 0.429. The Morgan fingerprint density at radius 1 is 1.18 bits per heavy atom. The Kier molecular flexibility index (Phi) is 4.92. The summed E-state index contributed by atoms with van der Waals surface area (Å²) in [5.74, 6) is -1.56. The van der Waals surface area contributed by atoms with E-state index in [4.69, 9.17) is 9.84 Å². The normalized spacial score (nSPS) is 14.6. The van der Waals surface area contributed by atoms with Gasteiger partial charge in [0.25, 0.3) is 5.91 Å². The highest BCUT2D eigenvalue weighted by Gasteiger charge is 2.27. The first-order valence-electron chi connectivity index (χ1n) is 6.93. The summed E-state index contributed by atoms with van der Waals surface area (Å²) in [6.45, 7) is 3.42. The summed E-state index contributed by atoms with van der Waals surface area (Å²) in [5, 5.41) is 9.11. The van der Waals surface area contributed by atoms with Crippen molar-refractivity contribution in [3.63, 3.8) is 0 Å². The van der Waals surface area contributed by atoms with Gasteiger partial charge in [0.15, 0.2) is 0 Å². The van der Waals surface area contributed by atoms with Crippen LogP contribution in [0.5, 0.6) is 0 Å². The average Bonchev–Trinajstić information content (AvgIpc) is 2.54. The summed E-state index contributed by atoms with van der Waals surface area (Å²) in [7, 11) is 0. The number of ether oxygens (including phenoxy) is 1. The number of hydrogen-bond acceptors (Lipinski definition) is 5. The Morgan fingerprint density at radius 2 is 1.82 bits per heavy atom. The van der Waals surface area contributed by atoms with Crippen molar-refractivity contribution in [2.45, 2.75) is 6.92 Å². The van der Waals surface area contributed by atoms with E-state index in [2.05, 4.69) is 4.98 Å². The van der Waals surface area contributed by atoms with Gasteiger partial charge in [0.1, 0.15) is 0 Å². The van der Waals surface area contributed by atoms with Gasteiger partial charge in [-0.25, -0.2) is 9.59 Å². The number of carboxylic acid groups (broad SMARTS) is 1. The van der Waals surface area contributed by atoms with Crippen molar-refractivity contribution in [3.8, 4) is 0 Å². The topological polar surface area (TPSA) is 100 Å². The highest BCUT2D eigenvalue weighted by atomic mass is 16.6. The van der Waals surface area contributed by atoms with Gasteiger partial charge in [-0.1, -0.05) is 0 Å². The van der Waals surface area contributed by atoms with Crippen LogP contribution >= 0.6 is 0 Å². The van der Waals surface area contributed by atoms with Crippen LogP contribution in [0.2, 0.25) is 0 Å². The van der Waals surface area contributed by atoms with Crippen molar-refractivity contribution in [1.82, 2.24) is 14.8 Å². The minimum absolute atomic E-state index is 0.104. The lowest BCUT2D eigenvalue weighted by Crippen LogP contribution is -2.50. The molecule has 1 aliphatic heterocycles. The molecule has 1 aromatic heterocycles. The molecule has 2 heterocycles. The number of aromatic carboxylic acids is 1. The molecule has 118 valence electrons. The van der Waals surface area contributed by atoms with Crippen LogP contribution in [-0.2, 0) is 4.74 Å². The van der Waals surface area contributed by atoms with E-state index < -0.39 is 12.1 Å². The fourth-order valence-corrected chi connectivity index (χ4v) is 2.23. The number of carbonyl (C=O) groups is 3. The first-order chi connectivity index (χ1) is 10.5. The van der Waals surface area contributed by atoms with Crippen molar-refractivity contribution < 1.29 is 24.2 Å². The van der Waals surface area contributed by atoms with Crippen molar-refractivity contribution in [2.75, 3.05) is 32.8 Å². The lowest BCUT2D eigenvalue weighted by atomic mass is 10.1. The molecule has 1 fully saturated rings. The van der Waals surface area contributed by atoms with E-state index in [-0.39, 0.29) is 17.0 Å². The minimum atomic E-state index is -1.19. The lowest BCUT2D eigenvalue weighted by Gasteiger charge is -2.34. The van der Waals surface area contributed by atoms with Gasteiger partial charge in [-0.05, 0) is 13.0 Å². The molecule has 0 bridgehead atoms. The van der Waals surface area contributed by atoms with Gasteiger partial charge in [0, 0.05) is 38.6 Å². The summed E-state index contributed by atoms with van der Waals surface area (Å²) in [5.41, 5.74) is -0.0209. The third kappa shape index (κ3) is 3.33. The quantitative estimate of drug-likeness (QED) is 0.882. The smallest absolute Gasteiger partial charge is 0.409 e. The van der Waals surface area contributed by atoms with E-state index in [1.807, 2.05) is 0 Å². The number of carboxylic acids is 1. The standard InChI is InChI=1S/C14H17N3O5/c1-2-22-14(21)17-7-5-16(6-8-17)12(18)10-3-4-15-9-11(10)13(19)20/h3-4,9H,2,5-8H2,1H3,(H,19,20). The Balaban J connectivity index is 2.04. The largest absolute Gasteiger partial charge is 0.478 e.